The smallest absolute Gasteiger partial charge is 0.160 e. The van der Waals surface area contributed by atoms with E-state index in [0.29, 0.717) is 0 Å². The molecule has 0 amide bonds. The highest BCUT2D eigenvalue weighted by molar-refractivity contribution is 8.93. The van der Waals surface area contributed by atoms with E-state index in [1.807, 2.05) is 6.92 Å². The van der Waals surface area contributed by atoms with Crippen LogP contribution in [0.4, 0.5) is 0 Å². The van der Waals surface area contributed by atoms with Crippen LogP contribution in [0.1, 0.15) is 16.7 Å². The molecule has 0 aliphatic heterocycles. The van der Waals surface area contributed by atoms with Crippen molar-refractivity contribution < 1.29 is 10.2 Å². The summed E-state index contributed by atoms with van der Waals surface area (Å²) in [5.74, 6) is 0.0596. The number of hydrogen-bond donors (Lipinski definition) is 2. The summed E-state index contributed by atoms with van der Waals surface area (Å²) in [6, 6.07) is 1.65. The van der Waals surface area contributed by atoms with Crippen LogP contribution in [0.3, 0.4) is 0 Å². The average Bonchev–Trinajstić information content (AvgIpc) is 1.93. The Bertz CT molecular complexity index is 310. The molecule has 0 atom stereocenters. The minimum absolute atomic E-state index is 0. The molecule has 0 aromatic heterocycles. The summed E-state index contributed by atoms with van der Waals surface area (Å²) in [7, 11) is 0. The Labute approximate surface area is 98.1 Å². The van der Waals surface area contributed by atoms with Crippen molar-refractivity contribution >= 4 is 34.0 Å². The minimum atomic E-state index is 0. The second kappa shape index (κ2) is 4.33. The van der Waals surface area contributed by atoms with Gasteiger partial charge < -0.3 is 10.2 Å². The molecule has 74 valence electrons. The molecular formula is C9H12Br2O2. The molecule has 4 heteroatoms. The molecule has 0 heterocycles. The second-order valence-electron chi connectivity index (χ2n) is 3.01. The number of aromatic hydroxyl groups is 2. The summed E-state index contributed by atoms with van der Waals surface area (Å²) >= 11 is 0. The Hall–Kier alpha value is -0.220. The first-order valence-electron chi connectivity index (χ1n) is 3.73. The standard InChI is InChI=1S/C9H10O2.2BrH/c1-5-7-3-2-6(7)4-8(10)9(5)11;;/h4,10-11H,2-3H2,1H3;2*1H. The summed E-state index contributed by atoms with van der Waals surface area (Å²) in [4.78, 5) is 0. The molecule has 0 unspecified atom stereocenters. The van der Waals surface area contributed by atoms with Crippen molar-refractivity contribution in [3.05, 3.63) is 22.8 Å². The van der Waals surface area contributed by atoms with E-state index in [0.717, 1.165) is 18.4 Å². The fraction of sp³-hybridized carbons (Fsp3) is 0.333. The molecule has 0 bridgehead atoms. The van der Waals surface area contributed by atoms with E-state index in [1.54, 1.807) is 6.07 Å². The lowest BCUT2D eigenvalue weighted by molar-refractivity contribution is 0.398. The number of hydrogen-bond acceptors (Lipinski definition) is 2. The van der Waals surface area contributed by atoms with Crippen LogP contribution < -0.4 is 0 Å². The maximum Gasteiger partial charge on any atom is 0.160 e. The van der Waals surface area contributed by atoms with Gasteiger partial charge in [0.2, 0.25) is 0 Å². The lowest BCUT2D eigenvalue weighted by atomic mass is 9.84. The van der Waals surface area contributed by atoms with Crippen molar-refractivity contribution in [1.29, 1.82) is 0 Å². The highest BCUT2D eigenvalue weighted by Crippen LogP contribution is 2.38. The lowest BCUT2D eigenvalue weighted by Crippen LogP contribution is -2.10. The molecule has 2 rings (SSSR count). The van der Waals surface area contributed by atoms with Gasteiger partial charge in [-0.15, -0.1) is 34.0 Å². The van der Waals surface area contributed by atoms with Gasteiger partial charge in [-0.05, 0) is 42.5 Å². The van der Waals surface area contributed by atoms with Crippen molar-refractivity contribution in [3.8, 4) is 11.5 Å². The van der Waals surface area contributed by atoms with Gasteiger partial charge in [0, 0.05) is 0 Å². The van der Waals surface area contributed by atoms with Crippen LogP contribution in [-0.2, 0) is 12.8 Å². The Kier molecular flexibility index (Phi) is 4.26. The first kappa shape index (κ1) is 12.8. The zero-order valence-electron chi connectivity index (χ0n) is 7.20. The molecule has 1 aromatic rings. The Morgan fingerprint density at radius 2 is 1.77 bits per heavy atom. The number of rotatable bonds is 0. The van der Waals surface area contributed by atoms with E-state index >= 15 is 0 Å². The summed E-state index contributed by atoms with van der Waals surface area (Å²) in [5, 5.41) is 18.5. The van der Waals surface area contributed by atoms with E-state index < -0.39 is 0 Å². The molecule has 13 heavy (non-hydrogen) atoms. The fourth-order valence-electron chi connectivity index (χ4n) is 1.55. The molecule has 0 saturated heterocycles. The number of phenols is 2. The van der Waals surface area contributed by atoms with Crippen molar-refractivity contribution in [1.82, 2.24) is 0 Å². The number of halogens is 2. The van der Waals surface area contributed by atoms with Gasteiger partial charge in [0.1, 0.15) is 0 Å². The van der Waals surface area contributed by atoms with Crippen molar-refractivity contribution in [2.24, 2.45) is 0 Å². The first-order chi connectivity index (χ1) is 5.20. The quantitative estimate of drug-likeness (QED) is 0.723. The Morgan fingerprint density at radius 1 is 1.15 bits per heavy atom. The first-order valence-corrected chi connectivity index (χ1v) is 3.73. The molecular weight excluding hydrogens is 300 g/mol. The van der Waals surface area contributed by atoms with Crippen molar-refractivity contribution in [3.63, 3.8) is 0 Å². The topological polar surface area (TPSA) is 40.5 Å². The molecule has 1 aliphatic rings. The third kappa shape index (κ3) is 1.83. The van der Waals surface area contributed by atoms with E-state index in [2.05, 4.69) is 0 Å². The largest absolute Gasteiger partial charge is 0.504 e. The van der Waals surface area contributed by atoms with Gasteiger partial charge in [0.25, 0.3) is 0 Å². The highest BCUT2D eigenvalue weighted by atomic mass is 79.9. The van der Waals surface area contributed by atoms with Crippen LogP contribution in [0.15, 0.2) is 6.07 Å². The third-order valence-electron chi connectivity index (χ3n) is 2.39. The molecule has 0 saturated carbocycles. The van der Waals surface area contributed by atoms with Crippen molar-refractivity contribution in [2.75, 3.05) is 0 Å². The van der Waals surface area contributed by atoms with Crippen LogP contribution in [0.5, 0.6) is 11.5 Å². The average molecular weight is 312 g/mol. The number of benzene rings is 1. The normalized spacial score (nSPS) is 11.8. The summed E-state index contributed by atoms with van der Waals surface area (Å²) in [6.07, 6.45) is 2.07. The molecule has 1 aliphatic carbocycles. The van der Waals surface area contributed by atoms with Gasteiger partial charge in [-0.3, -0.25) is 0 Å². The third-order valence-corrected chi connectivity index (χ3v) is 2.39. The second-order valence-corrected chi connectivity index (χ2v) is 3.01. The summed E-state index contributed by atoms with van der Waals surface area (Å²) < 4.78 is 0. The molecule has 1 aromatic carbocycles. The molecule has 0 spiro atoms. The van der Waals surface area contributed by atoms with Gasteiger partial charge in [-0.2, -0.15) is 0 Å². The zero-order chi connectivity index (χ0) is 8.01. The van der Waals surface area contributed by atoms with Crippen LogP contribution in [-0.4, -0.2) is 10.2 Å². The van der Waals surface area contributed by atoms with Gasteiger partial charge in [0.05, 0.1) is 0 Å². The Balaban J connectivity index is 0.000000720. The zero-order valence-corrected chi connectivity index (χ0v) is 10.6. The molecule has 2 N–H and O–H groups in total. The minimum Gasteiger partial charge on any atom is -0.504 e. The number of fused-ring (bicyclic) bond motifs is 1. The number of aryl methyl sites for hydroxylation is 1. The molecule has 0 radical (unpaired) electrons. The maximum absolute atomic E-state index is 9.30. The van der Waals surface area contributed by atoms with Gasteiger partial charge in [0.15, 0.2) is 11.5 Å². The van der Waals surface area contributed by atoms with E-state index in [9.17, 15) is 10.2 Å². The van der Waals surface area contributed by atoms with Gasteiger partial charge in [-0.25, -0.2) is 0 Å². The Morgan fingerprint density at radius 3 is 2.23 bits per heavy atom. The molecule has 0 fully saturated rings. The summed E-state index contributed by atoms with van der Waals surface area (Å²) in [6.45, 7) is 1.84. The monoisotopic (exact) mass is 310 g/mol. The van der Waals surface area contributed by atoms with Crippen molar-refractivity contribution in [2.45, 2.75) is 19.8 Å². The molecule has 2 nitrogen and oxygen atoms in total. The van der Waals surface area contributed by atoms with E-state index in [4.69, 9.17) is 0 Å². The summed E-state index contributed by atoms with van der Waals surface area (Å²) in [5.41, 5.74) is 3.23. The highest BCUT2D eigenvalue weighted by Gasteiger charge is 2.19. The lowest BCUT2D eigenvalue weighted by Gasteiger charge is -2.22. The predicted octanol–water partition coefficient (Wildman–Crippen LogP) is 2.66. The van der Waals surface area contributed by atoms with E-state index in [-0.39, 0.29) is 45.5 Å². The maximum atomic E-state index is 9.30. The van der Waals surface area contributed by atoms with Crippen LogP contribution in [0, 0.1) is 6.92 Å². The van der Waals surface area contributed by atoms with Gasteiger partial charge >= 0.3 is 0 Å². The van der Waals surface area contributed by atoms with E-state index in [1.165, 1.54) is 11.1 Å². The van der Waals surface area contributed by atoms with Crippen LogP contribution >= 0.6 is 34.0 Å². The van der Waals surface area contributed by atoms with Crippen LogP contribution in [0.25, 0.3) is 0 Å². The predicted molar refractivity (Wildman–Crippen MR) is 62.6 cm³/mol. The van der Waals surface area contributed by atoms with Crippen LogP contribution in [0.2, 0.25) is 0 Å². The fourth-order valence-corrected chi connectivity index (χ4v) is 1.55. The SMILES string of the molecule is Br.Br.Cc1c(O)c(O)cc2c1CC2. The van der Waals surface area contributed by atoms with Gasteiger partial charge in [-0.1, -0.05) is 0 Å². The number of phenolic OH excluding ortho intramolecular Hbond substituents is 2.